The molecule has 1 aliphatic rings. The number of aldehydes is 1. The number of pyridine rings is 1. The Labute approximate surface area is 111 Å². The summed E-state index contributed by atoms with van der Waals surface area (Å²) in [6.07, 6.45) is 3.54. The van der Waals surface area contributed by atoms with Crippen molar-refractivity contribution >= 4 is 11.9 Å². The topological polar surface area (TPSA) is 59.7 Å². The molecule has 0 bridgehead atoms. The second-order valence-corrected chi connectivity index (χ2v) is 4.60. The molecule has 1 saturated heterocycles. The molecule has 0 aromatic carbocycles. The first-order valence-electron chi connectivity index (χ1n) is 6.46. The van der Waals surface area contributed by atoms with E-state index in [1.165, 1.54) is 0 Å². The van der Waals surface area contributed by atoms with Gasteiger partial charge in [0, 0.05) is 32.3 Å². The first kappa shape index (κ1) is 12.3. The van der Waals surface area contributed by atoms with Crippen LogP contribution in [0.25, 0.3) is 5.65 Å². The van der Waals surface area contributed by atoms with E-state index in [2.05, 4.69) is 15.1 Å². The molecule has 3 heterocycles. The van der Waals surface area contributed by atoms with E-state index in [1.54, 1.807) is 6.07 Å². The van der Waals surface area contributed by atoms with Crippen LogP contribution in [0, 0.1) is 0 Å². The summed E-state index contributed by atoms with van der Waals surface area (Å²) >= 11 is 0. The molecule has 6 nitrogen and oxygen atoms in total. The zero-order valence-electron chi connectivity index (χ0n) is 10.7. The van der Waals surface area contributed by atoms with Gasteiger partial charge in [-0.3, -0.25) is 14.1 Å². The Hall–Kier alpha value is -1.79. The van der Waals surface area contributed by atoms with E-state index < -0.39 is 0 Å². The van der Waals surface area contributed by atoms with Crippen LogP contribution in [0.4, 0.5) is 0 Å². The van der Waals surface area contributed by atoms with Crippen molar-refractivity contribution in [1.82, 2.24) is 19.5 Å². The molecule has 2 aromatic heterocycles. The number of ether oxygens (including phenoxy) is 1. The highest BCUT2D eigenvalue weighted by Crippen LogP contribution is 2.09. The lowest BCUT2D eigenvalue weighted by atomic mass is 10.3. The zero-order valence-corrected chi connectivity index (χ0v) is 10.7. The molecule has 0 radical (unpaired) electrons. The smallest absolute Gasteiger partial charge is 0.171 e. The fourth-order valence-electron chi connectivity index (χ4n) is 2.33. The molecule has 0 atom stereocenters. The molecule has 19 heavy (non-hydrogen) atoms. The number of rotatable bonds is 4. The molecule has 6 heteroatoms. The molecule has 0 unspecified atom stereocenters. The fraction of sp³-hybridized carbons (Fsp3) is 0.462. The van der Waals surface area contributed by atoms with Crippen LogP contribution >= 0.6 is 0 Å². The van der Waals surface area contributed by atoms with Gasteiger partial charge in [0.1, 0.15) is 5.82 Å². The summed E-state index contributed by atoms with van der Waals surface area (Å²) in [6.45, 7) is 4.48. The maximum atomic E-state index is 10.9. The van der Waals surface area contributed by atoms with Crippen LogP contribution in [0.1, 0.15) is 16.2 Å². The molecule has 100 valence electrons. The van der Waals surface area contributed by atoms with Gasteiger partial charge >= 0.3 is 0 Å². The first-order valence-corrected chi connectivity index (χ1v) is 6.46. The monoisotopic (exact) mass is 260 g/mol. The number of aromatic nitrogens is 3. The lowest BCUT2D eigenvalue weighted by Crippen LogP contribution is -2.37. The number of nitrogens with zero attached hydrogens (tertiary/aromatic N) is 4. The van der Waals surface area contributed by atoms with Crippen LogP contribution in [-0.4, -0.2) is 58.6 Å². The molecule has 0 N–H and O–H groups in total. The Morgan fingerprint density at radius 3 is 2.95 bits per heavy atom. The van der Waals surface area contributed by atoms with E-state index in [-0.39, 0.29) is 0 Å². The molecule has 1 fully saturated rings. The maximum absolute atomic E-state index is 10.9. The van der Waals surface area contributed by atoms with Gasteiger partial charge in [-0.05, 0) is 12.1 Å². The number of fused-ring (bicyclic) bond motifs is 1. The van der Waals surface area contributed by atoms with Crippen LogP contribution in [-0.2, 0) is 11.2 Å². The summed E-state index contributed by atoms with van der Waals surface area (Å²) in [6, 6.07) is 3.60. The second-order valence-electron chi connectivity index (χ2n) is 4.60. The van der Waals surface area contributed by atoms with Crippen molar-refractivity contribution in [2.75, 3.05) is 32.8 Å². The van der Waals surface area contributed by atoms with Gasteiger partial charge in [0.25, 0.3) is 0 Å². The van der Waals surface area contributed by atoms with Gasteiger partial charge in [-0.2, -0.15) is 0 Å². The van der Waals surface area contributed by atoms with Crippen molar-refractivity contribution in [1.29, 1.82) is 0 Å². The average molecular weight is 260 g/mol. The highest BCUT2D eigenvalue weighted by Gasteiger charge is 2.13. The molecule has 0 spiro atoms. The van der Waals surface area contributed by atoms with Gasteiger partial charge < -0.3 is 4.74 Å². The number of morpholine rings is 1. The van der Waals surface area contributed by atoms with E-state index in [0.717, 1.165) is 51.4 Å². The predicted molar refractivity (Wildman–Crippen MR) is 69.3 cm³/mol. The molecular formula is C13H16N4O2. The zero-order chi connectivity index (χ0) is 13.1. The molecule has 1 aliphatic heterocycles. The van der Waals surface area contributed by atoms with E-state index in [9.17, 15) is 4.79 Å². The summed E-state index contributed by atoms with van der Waals surface area (Å²) in [4.78, 5) is 13.3. The Kier molecular flexibility index (Phi) is 3.52. The Balaban J connectivity index is 1.76. The minimum atomic E-state index is 0.577. The van der Waals surface area contributed by atoms with Gasteiger partial charge in [0.15, 0.2) is 11.9 Å². The number of hydrogen-bond donors (Lipinski definition) is 0. The SMILES string of the molecule is O=Cc1cccn2c(CCN3CCOCC3)nnc12. The largest absolute Gasteiger partial charge is 0.379 e. The first-order chi connectivity index (χ1) is 9.38. The van der Waals surface area contributed by atoms with Crippen LogP contribution < -0.4 is 0 Å². The van der Waals surface area contributed by atoms with Crippen LogP contribution in [0.15, 0.2) is 18.3 Å². The highest BCUT2D eigenvalue weighted by atomic mass is 16.5. The lowest BCUT2D eigenvalue weighted by Gasteiger charge is -2.26. The van der Waals surface area contributed by atoms with E-state index in [4.69, 9.17) is 4.74 Å². The van der Waals surface area contributed by atoms with Gasteiger partial charge in [-0.1, -0.05) is 0 Å². The van der Waals surface area contributed by atoms with Gasteiger partial charge in [0.2, 0.25) is 0 Å². The highest BCUT2D eigenvalue weighted by molar-refractivity contribution is 5.83. The normalized spacial score (nSPS) is 16.8. The third kappa shape index (κ3) is 2.50. The van der Waals surface area contributed by atoms with Crippen molar-refractivity contribution in [2.45, 2.75) is 6.42 Å². The summed E-state index contributed by atoms with van der Waals surface area (Å²) in [7, 11) is 0. The Bertz CT molecular complexity index is 575. The molecular weight excluding hydrogens is 244 g/mol. The Morgan fingerprint density at radius 2 is 2.16 bits per heavy atom. The molecule has 2 aromatic rings. The lowest BCUT2D eigenvalue weighted by molar-refractivity contribution is 0.0382. The van der Waals surface area contributed by atoms with Crippen molar-refractivity contribution in [3.8, 4) is 0 Å². The minimum Gasteiger partial charge on any atom is -0.379 e. The van der Waals surface area contributed by atoms with Crippen LogP contribution in [0.2, 0.25) is 0 Å². The summed E-state index contributed by atoms with van der Waals surface area (Å²) in [5.41, 5.74) is 1.21. The third-order valence-electron chi connectivity index (χ3n) is 3.42. The van der Waals surface area contributed by atoms with E-state index in [0.29, 0.717) is 11.2 Å². The fourth-order valence-corrected chi connectivity index (χ4v) is 2.33. The summed E-state index contributed by atoms with van der Waals surface area (Å²) in [5, 5.41) is 8.28. The quantitative estimate of drug-likeness (QED) is 0.745. The van der Waals surface area contributed by atoms with Crippen molar-refractivity contribution in [3.63, 3.8) is 0 Å². The average Bonchev–Trinajstić information content (AvgIpc) is 2.89. The van der Waals surface area contributed by atoms with Crippen molar-refractivity contribution in [3.05, 3.63) is 29.7 Å². The third-order valence-corrected chi connectivity index (χ3v) is 3.42. The van der Waals surface area contributed by atoms with Crippen molar-refractivity contribution < 1.29 is 9.53 Å². The standard InChI is InChI=1S/C13H16N4O2/c18-10-11-2-1-4-17-12(14-15-13(11)17)3-5-16-6-8-19-9-7-16/h1-2,4,10H,3,5-9H2. The van der Waals surface area contributed by atoms with Gasteiger partial charge in [-0.15, -0.1) is 10.2 Å². The number of carbonyl (C=O) groups is 1. The number of carbonyl (C=O) groups excluding carboxylic acids is 1. The minimum absolute atomic E-state index is 0.577. The second kappa shape index (κ2) is 5.46. The van der Waals surface area contributed by atoms with Gasteiger partial charge in [0.05, 0.1) is 18.8 Å². The Morgan fingerprint density at radius 1 is 1.32 bits per heavy atom. The van der Waals surface area contributed by atoms with Crippen molar-refractivity contribution in [2.24, 2.45) is 0 Å². The summed E-state index contributed by atoms with van der Waals surface area (Å²) < 4.78 is 7.22. The predicted octanol–water partition coefficient (Wildman–Crippen LogP) is 0.416. The van der Waals surface area contributed by atoms with Gasteiger partial charge in [-0.25, -0.2) is 0 Å². The summed E-state index contributed by atoms with van der Waals surface area (Å²) in [5.74, 6) is 0.894. The number of hydrogen-bond acceptors (Lipinski definition) is 5. The molecule has 0 saturated carbocycles. The molecule has 3 rings (SSSR count). The molecule has 0 amide bonds. The maximum Gasteiger partial charge on any atom is 0.171 e. The van der Waals surface area contributed by atoms with E-state index in [1.807, 2.05) is 16.7 Å². The van der Waals surface area contributed by atoms with Crippen LogP contribution in [0.3, 0.4) is 0 Å². The molecule has 0 aliphatic carbocycles. The van der Waals surface area contributed by atoms with Crippen LogP contribution in [0.5, 0.6) is 0 Å². The van der Waals surface area contributed by atoms with E-state index >= 15 is 0 Å².